The number of nitrogens with one attached hydrogen (secondary N) is 2. The summed E-state index contributed by atoms with van der Waals surface area (Å²) in [5.41, 5.74) is -2.45. The fourth-order valence-corrected chi connectivity index (χ4v) is 7.95. The minimum absolute atomic E-state index is 0.0181. The number of fused-ring (bicyclic) bond motifs is 4. The quantitative estimate of drug-likeness (QED) is 0.0811. The van der Waals surface area contributed by atoms with Gasteiger partial charge in [-0.1, -0.05) is 35.7 Å². The molecule has 0 spiro atoms. The van der Waals surface area contributed by atoms with Crippen molar-refractivity contribution in [1.82, 2.24) is 29.9 Å². The summed E-state index contributed by atoms with van der Waals surface area (Å²) in [6, 6.07) is 7.44. The molecule has 0 unspecified atom stereocenters. The molecule has 5 aromatic rings. The molecule has 3 aromatic heterocycles. The van der Waals surface area contributed by atoms with E-state index in [-0.39, 0.29) is 50.7 Å². The van der Waals surface area contributed by atoms with Crippen LogP contribution in [0.4, 0.5) is 32.2 Å². The Morgan fingerprint density at radius 2 is 1.74 bits per heavy atom. The van der Waals surface area contributed by atoms with Gasteiger partial charge in [-0.05, 0) is 62.1 Å². The van der Waals surface area contributed by atoms with E-state index in [1.807, 2.05) is 0 Å². The minimum atomic E-state index is -3.83. The van der Waals surface area contributed by atoms with E-state index >= 15 is 8.78 Å². The number of pyridine rings is 1. The third kappa shape index (κ3) is 7.71. The lowest BCUT2D eigenvalue weighted by atomic mass is 9.81. The van der Waals surface area contributed by atoms with Gasteiger partial charge >= 0.3 is 0 Å². The number of alkyl halides is 4. The highest BCUT2D eigenvalue weighted by Crippen LogP contribution is 2.60. The van der Waals surface area contributed by atoms with E-state index in [1.165, 1.54) is 49.9 Å². The lowest BCUT2D eigenvalue weighted by molar-refractivity contribution is -0.123. The second kappa shape index (κ2) is 14.2. The van der Waals surface area contributed by atoms with E-state index in [4.69, 9.17) is 16.6 Å². The first-order valence-corrected chi connectivity index (χ1v) is 19.5. The molecule has 2 aliphatic rings. The third-order valence-corrected chi connectivity index (χ3v) is 10.3. The Morgan fingerprint density at radius 3 is 2.35 bits per heavy atom. The lowest BCUT2D eigenvalue weighted by Crippen LogP contribution is -2.35. The number of halogens is 7. The number of nitrogens with zero attached hydrogens (tertiary/aromatic N) is 5. The fraction of sp³-hybridized carbons (Fsp3) is 0.316. The van der Waals surface area contributed by atoms with E-state index in [0.29, 0.717) is 21.8 Å². The first-order valence-electron chi connectivity index (χ1n) is 17.2. The average molecular weight is 832 g/mol. The monoisotopic (exact) mass is 831 g/mol. The Bertz CT molecular complexity index is 2660. The number of rotatable bonds is 10. The number of allylic oxidation sites excluding steroid dienone is 2. The SMILES string of the molecule is Cn1nc(NS(C)(=O)=O)c2c(Cl)ccc(-c3ccc(C#CC(C)(C)O)nc3[C@H](Cc3cc(F)cc(F)c3)NC(=O)Cn3nc(C(F)F)c4c3C(F)(F)[C@@H]3C=C[C@H]43)c21. The Labute approximate surface area is 326 Å². The maximum absolute atomic E-state index is 15.6. The number of carbonyl (C=O) groups is 1. The third-order valence-electron chi connectivity index (χ3n) is 9.46. The van der Waals surface area contributed by atoms with Crippen LogP contribution in [-0.4, -0.2) is 55.8 Å². The van der Waals surface area contributed by atoms with Gasteiger partial charge in [0.25, 0.3) is 12.3 Å². The summed E-state index contributed by atoms with van der Waals surface area (Å²) in [6.07, 6.45) is -0.0333. The van der Waals surface area contributed by atoms with Crippen molar-refractivity contribution in [2.75, 3.05) is 11.0 Å². The molecular formula is C38H32ClF6N7O4S. The van der Waals surface area contributed by atoms with Gasteiger partial charge in [0.1, 0.15) is 40.9 Å². The first-order chi connectivity index (χ1) is 26.6. The maximum atomic E-state index is 15.6. The Kier molecular flexibility index (Phi) is 9.94. The minimum Gasteiger partial charge on any atom is -0.378 e. The number of hydrogen-bond acceptors (Lipinski definition) is 7. The molecule has 3 atom stereocenters. The van der Waals surface area contributed by atoms with E-state index in [2.05, 4.69) is 32.1 Å². The van der Waals surface area contributed by atoms with E-state index in [1.54, 1.807) is 12.1 Å². The van der Waals surface area contributed by atoms with Crippen molar-refractivity contribution in [3.8, 4) is 23.0 Å². The number of carbonyl (C=O) groups excluding carboxylic acids is 1. The molecule has 0 bridgehead atoms. The number of benzene rings is 2. The van der Waals surface area contributed by atoms with Crippen LogP contribution in [0, 0.1) is 29.4 Å². The number of hydrogen-bond donors (Lipinski definition) is 3. The van der Waals surface area contributed by atoms with Crippen LogP contribution in [0.5, 0.6) is 0 Å². The molecule has 0 radical (unpaired) electrons. The zero-order valence-corrected chi connectivity index (χ0v) is 32.0. The van der Waals surface area contributed by atoms with Crippen LogP contribution in [-0.2, 0) is 40.8 Å². The van der Waals surface area contributed by atoms with Gasteiger partial charge in [-0.2, -0.15) is 19.0 Å². The molecule has 0 saturated carbocycles. The molecule has 7 rings (SSSR count). The standard InChI is InChI=1S/C38H32ClF6N7O4S/c1-37(2,54)12-11-21-5-6-22(23-8-10-26(39)30-33(23)51(3)49-36(30)50-57(4,55)56)31(46-21)27(15-18-13-19(40)16-20(41)14-18)47-28(53)17-52-34-29(32(48-52)35(42)43)24-7-9-25(24)38(34,44)45/h5-10,13-14,16,24-25,27,35,54H,15,17H2,1-4H3,(H,47,53)(H,49,50)/t24-,25+,27-/m0/s1. The van der Waals surface area contributed by atoms with Crippen LogP contribution >= 0.6 is 11.6 Å². The molecule has 2 aromatic carbocycles. The van der Waals surface area contributed by atoms with Crippen molar-refractivity contribution >= 4 is 44.3 Å². The number of aromatic nitrogens is 5. The van der Waals surface area contributed by atoms with E-state index < -0.39 is 81.3 Å². The predicted molar refractivity (Wildman–Crippen MR) is 198 cm³/mol. The first kappa shape index (κ1) is 39.8. The molecule has 0 fully saturated rings. The molecule has 57 heavy (non-hydrogen) atoms. The number of amides is 1. The zero-order chi connectivity index (χ0) is 41.4. The highest BCUT2D eigenvalue weighted by molar-refractivity contribution is 7.92. The van der Waals surface area contributed by atoms with Gasteiger partial charge in [0.05, 0.1) is 39.8 Å². The molecule has 19 heteroatoms. The summed E-state index contributed by atoms with van der Waals surface area (Å²) in [7, 11) is -2.31. The number of aliphatic hydroxyl groups is 1. The summed E-state index contributed by atoms with van der Waals surface area (Å²) in [5, 5.41) is 21.4. The summed E-state index contributed by atoms with van der Waals surface area (Å²) in [5.74, 6) is -3.55. The van der Waals surface area contributed by atoms with Gasteiger partial charge < -0.3 is 10.4 Å². The highest BCUT2D eigenvalue weighted by atomic mass is 35.5. The van der Waals surface area contributed by atoms with Crippen LogP contribution in [0.15, 0.2) is 54.6 Å². The van der Waals surface area contributed by atoms with Crippen molar-refractivity contribution in [1.29, 1.82) is 0 Å². The van der Waals surface area contributed by atoms with Crippen molar-refractivity contribution < 1.29 is 44.7 Å². The van der Waals surface area contributed by atoms with Gasteiger partial charge in [-0.15, -0.1) is 0 Å². The van der Waals surface area contributed by atoms with Crippen molar-refractivity contribution in [2.24, 2.45) is 13.0 Å². The van der Waals surface area contributed by atoms with Crippen molar-refractivity contribution in [3.05, 3.63) is 105 Å². The number of sulfonamides is 1. The van der Waals surface area contributed by atoms with Crippen molar-refractivity contribution in [3.63, 3.8) is 0 Å². The Morgan fingerprint density at radius 1 is 1.05 bits per heavy atom. The molecule has 0 saturated heterocycles. The number of anilines is 1. The summed E-state index contributed by atoms with van der Waals surface area (Å²) < 4.78 is 117. The molecular weight excluding hydrogens is 800 g/mol. The molecule has 2 aliphatic carbocycles. The fourth-order valence-electron chi connectivity index (χ4n) is 7.22. The predicted octanol–water partition coefficient (Wildman–Crippen LogP) is 6.67. The average Bonchev–Trinajstić information content (AvgIpc) is 3.63. The molecule has 11 nitrogen and oxygen atoms in total. The molecule has 1 amide bonds. The van der Waals surface area contributed by atoms with Crippen LogP contribution in [0.25, 0.3) is 22.0 Å². The molecule has 298 valence electrons. The number of aryl methyl sites for hydroxylation is 1. The van der Waals surface area contributed by atoms with Gasteiger partial charge in [0.2, 0.25) is 15.9 Å². The molecule has 0 aliphatic heterocycles. The van der Waals surface area contributed by atoms with E-state index in [9.17, 15) is 35.9 Å². The van der Waals surface area contributed by atoms with Crippen LogP contribution in [0.2, 0.25) is 5.02 Å². The van der Waals surface area contributed by atoms with Crippen LogP contribution in [0.3, 0.4) is 0 Å². The molecule has 3 heterocycles. The maximum Gasteiger partial charge on any atom is 0.296 e. The zero-order valence-electron chi connectivity index (χ0n) is 30.4. The Hall–Kier alpha value is -5.38. The Balaban J connectivity index is 1.39. The second-order valence-electron chi connectivity index (χ2n) is 14.4. The summed E-state index contributed by atoms with van der Waals surface area (Å²) in [4.78, 5) is 18.7. The smallest absolute Gasteiger partial charge is 0.296 e. The summed E-state index contributed by atoms with van der Waals surface area (Å²) >= 11 is 6.58. The van der Waals surface area contributed by atoms with Crippen LogP contribution in [0.1, 0.15) is 66.1 Å². The highest BCUT2D eigenvalue weighted by Gasteiger charge is 2.60. The van der Waals surface area contributed by atoms with Gasteiger partial charge in [-0.25, -0.2) is 31.0 Å². The second-order valence-corrected chi connectivity index (χ2v) is 16.5. The largest absolute Gasteiger partial charge is 0.378 e. The normalized spacial score (nSPS) is 17.5. The van der Waals surface area contributed by atoms with Crippen LogP contribution < -0.4 is 10.0 Å². The van der Waals surface area contributed by atoms with E-state index in [0.717, 1.165) is 18.4 Å². The lowest BCUT2D eigenvalue weighted by Gasteiger charge is -2.27. The summed E-state index contributed by atoms with van der Waals surface area (Å²) in [6.45, 7) is 1.92. The van der Waals surface area contributed by atoms with Gasteiger partial charge in [0.15, 0.2) is 5.82 Å². The van der Waals surface area contributed by atoms with Gasteiger partial charge in [-0.3, -0.25) is 18.9 Å². The topological polar surface area (TPSA) is 144 Å². The molecule has 3 N–H and O–H groups in total. The van der Waals surface area contributed by atoms with Gasteiger partial charge in [0, 0.05) is 35.7 Å². The van der Waals surface area contributed by atoms with Crippen molar-refractivity contribution in [2.45, 2.75) is 56.7 Å².